The van der Waals surface area contributed by atoms with E-state index in [0.29, 0.717) is 17.1 Å². The van der Waals surface area contributed by atoms with Gasteiger partial charge in [0, 0.05) is 18.6 Å². The molecule has 0 radical (unpaired) electrons. The van der Waals surface area contributed by atoms with Gasteiger partial charge in [0.15, 0.2) is 0 Å². The largest absolute Gasteiger partial charge is 0.354 e. The summed E-state index contributed by atoms with van der Waals surface area (Å²) in [5, 5.41) is 9.94. The van der Waals surface area contributed by atoms with Crippen LogP contribution in [0.1, 0.15) is 26.7 Å². The fraction of sp³-hybridized carbons (Fsp3) is 0.158. The van der Waals surface area contributed by atoms with E-state index in [-0.39, 0.29) is 36.5 Å². The number of nitrogens with one attached hydrogen (secondary N) is 3. The van der Waals surface area contributed by atoms with Crippen LogP contribution < -0.4 is 16.0 Å². The first-order valence-corrected chi connectivity index (χ1v) is 8.44. The summed E-state index contributed by atoms with van der Waals surface area (Å²) in [5.74, 6) is -0.887. The van der Waals surface area contributed by atoms with Crippen molar-refractivity contribution in [1.29, 1.82) is 0 Å². The van der Waals surface area contributed by atoms with Gasteiger partial charge in [-0.15, -0.1) is 0 Å². The van der Waals surface area contributed by atoms with E-state index >= 15 is 0 Å². The zero-order valence-corrected chi connectivity index (χ0v) is 14.6. The Labute approximate surface area is 154 Å². The minimum Gasteiger partial charge on any atom is -0.354 e. The lowest BCUT2D eigenvalue weighted by atomic mass is 10.1. The molecule has 0 saturated heterocycles. The lowest BCUT2D eigenvalue weighted by molar-refractivity contribution is -0.122. The first kappa shape index (κ1) is 16.8. The highest BCUT2D eigenvalue weighted by molar-refractivity contribution is 6.06. The number of anilines is 1. The Morgan fingerprint density at radius 3 is 2.70 bits per heavy atom. The van der Waals surface area contributed by atoms with Gasteiger partial charge >= 0.3 is 0 Å². The lowest BCUT2D eigenvalue weighted by Crippen LogP contribution is -2.36. The molecule has 27 heavy (non-hydrogen) atoms. The van der Waals surface area contributed by atoms with Crippen molar-refractivity contribution in [2.75, 3.05) is 12.4 Å². The molecule has 0 spiro atoms. The number of aromatic nitrogens is 2. The van der Waals surface area contributed by atoms with Gasteiger partial charge in [-0.25, -0.2) is 0 Å². The number of rotatable bonds is 3. The molecule has 3 aromatic rings. The zero-order chi connectivity index (χ0) is 19.0. The molecule has 2 aromatic heterocycles. The van der Waals surface area contributed by atoms with Crippen LogP contribution in [0.5, 0.6) is 0 Å². The highest BCUT2D eigenvalue weighted by atomic mass is 16.2. The van der Waals surface area contributed by atoms with E-state index < -0.39 is 0 Å². The minimum atomic E-state index is -0.380. The first-order chi connectivity index (χ1) is 13.1. The molecule has 0 unspecified atom stereocenters. The number of nitrogens with zero attached hydrogens (tertiary/aromatic N) is 2. The van der Waals surface area contributed by atoms with Crippen molar-refractivity contribution in [2.45, 2.75) is 13.1 Å². The molecule has 3 N–H and O–H groups in total. The Balaban J connectivity index is 1.68. The van der Waals surface area contributed by atoms with Crippen molar-refractivity contribution >= 4 is 34.2 Å². The fourth-order valence-corrected chi connectivity index (χ4v) is 3.16. The van der Waals surface area contributed by atoms with E-state index in [1.54, 1.807) is 22.9 Å². The molecule has 4 rings (SSSR count). The van der Waals surface area contributed by atoms with Gasteiger partial charge in [0.1, 0.15) is 17.9 Å². The van der Waals surface area contributed by atoms with Crippen LogP contribution >= 0.6 is 0 Å². The standard InChI is InChI=1S/C19H17N5O3/c1-20-19(27)15-7-13(16-9-22-17(25)10-24(15)16)23-18(26)14-6-11-4-2-3-5-12(11)8-21-14/h2-8H,9-10H2,1H3,(H,20,27)(H,22,25)(H,23,26). The van der Waals surface area contributed by atoms with Gasteiger partial charge in [-0.2, -0.15) is 0 Å². The Morgan fingerprint density at radius 1 is 1.15 bits per heavy atom. The predicted molar refractivity (Wildman–Crippen MR) is 99.4 cm³/mol. The summed E-state index contributed by atoms with van der Waals surface area (Å²) >= 11 is 0. The second kappa shape index (κ2) is 6.56. The number of fused-ring (bicyclic) bond motifs is 2. The summed E-state index contributed by atoms with van der Waals surface area (Å²) in [4.78, 5) is 40.7. The molecule has 0 atom stereocenters. The average Bonchev–Trinajstić information content (AvgIpc) is 3.04. The van der Waals surface area contributed by atoms with Crippen LogP contribution in [0.4, 0.5) is 5.69 Å². The van der Waals surface area contributed by atoms with Crippen LogP contribution in [0.2, 0.25) is 0 Å². The summed E-state index contributed by atoms with van der Waals surface area (Å²) < 4.78 is 1.61. The molecule has 8 nitrogen and oxygen atoms in total. The van der Waals surface area contributed by atoms with Crippen molar-refractivity contribution in [3.05, 3.63) is 59.7 Å². The van der Waals surface area contributed by atoms with Gasteiger partial charge in [0.25, 0.3) is 11.8 Å². The van der Waals surface area contributed by atoms with Crippen molar-refractivity contribution in [1.82, 2.24) is 20.2 Å². The molecule has 0 fully saturated rings. The lowest BCUT2D eigenvalue weighted by Gasteiger charge is -2.19. The summed E-state index contributed by atoms with van der Waals surface area (Å²) in [5.41, 5.74) is 1.75. The van der Waals surface area contributed by atoms with E-state index in [9.17, 15) is 14.4 Å². The average molecular weight is 363 g/mol. The fourth-order valence-electron chi connectivity index (χ4n) is 3.16. The highest BCUT2D eigenvalue weighted by Gasteiger charge is 2.25. The topological polar surface area (TPSA) is 105 Å². The molecule has 1 aliphatic rings. The molecular weight excluding hydrogens is 346 g/mol. The van der Waals surface area contributed by atoms with Crippen molar-refractivity contribution in [2.24, 2.45) is 0 Å². The summed E-state index contributed by atoms with van der Waals surface area (Å²) in [6.07, 6.45) is 1.65. The third-order valence-electron chi connectivity index (χ3n) is 4.53. The van der Waals surface area contributed by atoms with Gasteiger partial charge < -0.3 is 20.5 Å². The Kier molecular flexibility index (Phi) is 4.08. The molecule has 1 aromatic carbocycles. The van der Waals surface area contributed by atoms with Gasteiger partial charge in [-0.1, -0.05) is 24.3 Å². The zero-order valence-electron chi connectivity index (χ0n) is 14.6. The SMILES string of the molecule is CNC(=O)c1cc(NC(=O)c2cc3ccccc3cn2)c2n1CC(=O)NC2. The molecule has 1 aliphatic heterocycles. The van der Waals surface area contributed by atoms with E-state index in [1.165, 1.54) is 7.05 Å². The number of pyridine rings is 1. The van der Waals surface area contributed by atoms with Crippen molar-refractivity contribution in [3.63, 3.8) is 0 Å². The van der Waals surface area contributed by atoms with E-state index in [4.69, 9.17) is 0 Å². The second-order valence-electron chi connectivity index (χ2n) is 6.20. The smallest absolute Gasteiger partial charge is 0.274 e. The number of benzene rings is 1. The van der Waals surface area contributed by atoms with E-state index in [2.05, 4.69) is 20.9 Å². The molecule has 8 heteroatoms. The molecule has 0 bridgehead atoms. The molecule has 136 valence electrons. The van der Waals surface area contributed by atoms with Gasteiger partial charge in [0.2, 0.25) is 5.91 Å². The van der Waals surface area contributed by atoms with Crippen LogP contribution in [-0.2, 0) is 17.9 Å². The Morgan fingerprint density at radius 2 is 1.93 bits per heavy atom. The van der Waals surface area contributed by atoms with Gasteiger partial charge in [-0.05, 0) is 17.5 Å². The van der Waals surface area contributed by atoms with Gasteiger partial charge in [0.05, 0.1) is 17.9 Å². The summed E-state index contributed by atoms with van der Waals surface area (Å²) in [6.45, 7) is 0.263. The Bertz CT molecular complexity index is 1090. The number of hydrogen-bond donors (Lipinski definition) is 3. The number of amides is 3. The molecule has 0 saturated carbocycles. The number of carbonyl (C=O) groups excluding carboxylic acids is 3. The second-order valence-corrected chi connectivity index (χ2v) is 6.20. The number of carbonyl (C=O) groups is 3. The summed E-state index contributed by atoms with van der Waals surface area (Å²) in [6, 6.07) is 10.9. The van der Waals surface area contributed by atoms with Crippen molar-refractivity contribution in [3.8, 4) is 0 Å². The third kappa shape index (κ3) is 3.01. The van der Waals surface area contributed by atoms with Crippen LogP contribution in [0.15, 0.2) is 42.6 Å². The maximum atomic E-state index is 12.7. The normalized spacial score (nSPS) is 13.0. The maximum absolute atomic E-state index is 12.7. The van der Waals surface area contributed by atoms with E-state index in [0.717, 1.165) is 10.8 Å². The number of hydrogen-bond acceptors (Lipinski definition) is 4. The maximum Gasteiger partial charge on any atom is 0.274 e. The monoisotopic (exact) mass is 363 g/mol. The predicted octanol–water partition coefficient (Wildman–Crippen LogP) is 1.28. The Hall–Kier alpha value is -3.68. The first-order valence-electron chi connectivity index (χ1n) is 8.44. The van der Waals surface area contributed by atoms with Crippen molar-refractivity contribution < 1.29 is 14.4 Å². The van der Waals surface area contributed by atoms with Gasteiger partial charge in [-0.3, -0.25) is 19.4 Å². The third-order valence-corrected chi connectivity index (χ3v) is 4.53. The van der Waals surface area contributed by atoms with Crippen LogP contribution in [-0.4, -0.2) is 34.3 Å². The molecule has 0 aliphatic carbocycles. The molecule has 3 amide bonds. The molecule has 3 heterocycles. The quantitative estimate of drug-likeness (QED) is 0.652. The van der Waals surface area contributed by atoms with Crippen LogP contribution in [0.25, 0.3) is 10.8 Å². The van der Waals surface area contributed by atoms with E-state index in [1.807, 2.05) is 24.3 Å². The highest BCUT2D eigenvalue weighted by Crippen LogP contribution is 2.25. The summed E-state index contributed by atoms with van der Waals surface area (Å²) in [7, 11) is 1.52. The van der Waals surface area contributed by atoms with Crippen LogP contribution in [0, 0.1) is 0 Å². The molecular formula is C19H17N5O3. The minimum absolute atomic E-state index is 0.0299. The van der Waals surface area contributed by atoms with Crippen LogP contribution in [0.3, 0.4) is 0 Å².